The van der Waals surface area contributed by atoms with Gasteiger partial charge in [-0.25, -0.2) is 0 Å². The average Bonchev–Trinajstić information content (AvgIpc) is 2.65. The number of pyridine rings is 1. The highest BCUT2D eigenvalue weighted by Gasteiger charge is 2.32. The van der Waals surface area contributed by atoms with Gasteiger partial charge in [0.2, 0.25) is 5.69 Å². The van der Waals surface area contributed by atoms with Crippen LogP contribution in [0.5, 0.6) is 11.5 Å². The van der Waals surface area contributed by atoms with Gasteiger partial charge in [-0.3, -0.25) is 0 Å². The molecule has 26 heavy (non-hydrogen) atoms. The number of aryl methyl sites for hydroxylation is 4. The first-order valence-electron chi connectivity index (χ1n) is 9.12. The smallest absolute Gasteiger partial charge is 0.228 e. The van der Waals surface area contributed by atoms with E-state index >= 15 is 0 Å². The Bertz CT molecular complexity index is 1250. The summed E-state index contributed by atoms with van der Waals surface area (Å²) < 4.78 is 8.82. The van der Waals surface area contributed by atoms with Gasteiger partial charge in [0.25, 0.3) is 0 Å². The number of hydrogen-bond acceptors (Lipinski definition) is 1. The molecule has 0 radical (unpaired) electrons. The Balaban J connectivity index is 2.07. The molecule has 128 valence electrons. The minimum atomic E-state index is 0.960. The van der Waals surface area contributed by atoms with Gasteiger partial charge in [-0.1, -0.05) is 30.3 Å². The third-order valence-electron chi connectivity index (χ3n) is 6.01. The summed E-state index contributed by atoms with van der Waals surface area (Å²) in [5.41, 5.74) is 7.54. The fraction of sp³-hybridized carbons (Fsp3) is 0.208. The Kier molecular flexibility index (Phi) is 3.00. The summed E-state index contributed by atoms with van der Waals surface area (Å²) >= 11 is 0. The minimum absolute atomic E-state index is 0.960. The van der Waals surface area contributed by atoms with Crippen LogP contribution in [-0.4, -0.2) is 0 Å². The predicted molar refractivity (Wildman–Crippen MR) is 107 cm³/mol. The van der Waals surface area contributed by atoms with E-state index in [0.717, 1.165) is 11.5 Å². The van der Waals surface area contributed by atoms with E-state index < -0.39 is 0 Å². The van der Waals surface area contributed by atoms with Gasteiger partial charge < -0.3 is 4.74 Å². The molecule has 2 nitrogen and oxygen atoms in total. The largest absolute Gasteiger partial charge is 0.455 e. The van der Waals surface area contributed by atoms with Crippen molar-refractivity contribution in [1.29, 1.82) is 0 Å². The van der Waals surface area contributed by atoms with Gasteiger partial charge in [0.15, 0.2) is 5.69 Å². The van der Waals surface area contributed by atoms with Crippen LogP contribution in [0.25, 0.3) is 32.8 Å². The predicted octanol–water partition coefficient (Wildman–Crippen LogP) is 5.82. The molecule has 0 aliphatic carbocycles. The minimum Gasteiger partial charge on any atom is -0.455 e. The van der Waals surface area contributed by atoms with Crippen LogP contribution in [0.1, 0.15) is 22.4 Å². The number of aromatic nitrogens is 1. The zero-order valence-corrected chi connectivity index (χ0v) is 15.9. The second kappa shape index (κ2) is 5.07. The second-order valence-electron chi connectivity index (χ2n) is 7.46. The Hall–Kier alpha value is -2.87. The molecule has 0 N–H and O–H groups in total. The lowest BCUT2D eigenvalue weighted by molar-refractivity contribution is -0.665. The van der Waals surface area contributed by atoms with E-state index in [2.05, 4.69) is 81.8 Å². The number of ether oxygens (including phenoxy) is 1. The van der Waals surface area contributed by atoms with Crippen molar-refractivity contribution >= 4 is 21.5 Å². The Morgan fingerprint density at radius 3 is 2.23 bits per heavy atom. The maximum Gasteiger partial charge on any atom is 0.228 e. The highest BCUT2D eigenvalue weighted by atomic mass is 16.5. The molecule has 0 unspecified atom stereocenters. The van der Waals surface area contributed by atoms with Crippen LogP contribution in [0.15, 0.2) is 42.5 Å². The van der Waals surface area contributed by atoms with E-state index in [1.54, 1.807) is 0 Å². The van der Waals surface area contributed by atoms with Crippen LogP contribution < -0.4 is 9.30 Å². The topological polar surface area (TPSA) is 13.1 Å². The fourth-order valence-electron chi connectivity index (χ4n) is 4.44. The van der Waals surface area contributed by atoms with E-state index in [-0.39, 0.29) is 0 Å². The van der Waals surface area contributed by atoms with Crippen LogP contribution in [0.3, 0.4) is 0 Å². The van der Waals surface area contributed by atoms with Gasteiger partial charge in [0.1, 0.15) is 18.5 Å². The molecule has 5 rings (SSSR count). The van der Waals surface area contributed by atoms with Crippen LogP contribution in [-0.2, 0) is 7.05 Å². The number of rotatable bonds is 0. The van der Waals surface area contributed by atoms with Crippen LogP contribution in [0.4, 0.5) is 0 Å². The van der Waals surface area contributed by atoms with Gasteiger partial charge in [-0.05, 0) is 48.7 Å². The van der Waals surface area contributed by atoms with Crippen molar-refractivity contribution in [3.8, 4) is 22.8 Å². The third kappa shape index (κ3) is 1.79. The number of nitrogens with zero attached hydrogens (tertiary/aromatic N) is 1. The quantitative estimate of drug-likeness (QED) is 0.324. The first-order valence-corrected chi connectivity index (χ1v) is 9.12. The highest BCUT2D eigenvalue weighted by molar-refractivity contribution is 6.07. The van der Waals surface area contributed by atoms with Crippen molar-refractivity contribution in [2.45, 2.75) is 27.7 Å². The standard InChI is InChI=1S/C24H22NO/c1-13-10-11-20-22-19(13)12-14(2)25(5)23(22)21-15(3)17-8-6-7-9-18(17)16(4)24(21)26-20/h6-12H,1-5H3/q+1. The molecule has 4 aromatic rings. The molecule has 0 amide bonds. The number of benzene rings is 3. The summed E-state index contributed by atoms with van der Waals surface area (Å²) in [7, 11) is 2.16. The Labute approximate surface area is 153 Å². The van der Waals surface area contributed by atoms with Crippen molar-refractivity contribution in [3.63, 3.8) is 0 Å². The summed E-state index contributed by atoms with van der Waals surface area (Å²) in [6.45, 7) is 8.75. The lowest BCUT2D eigenvalue weighted by atomic mass is 9.88. The van der Waals surface area contributed by atoms with Crippen LogP contribution in [0.2, 0.25) is 0 Å². The molecule has 0 saturated heterocycles. The molecule has 1 aromatic heterocycles. The summed E-state index contributed by atoms with van der Waals surface area (Å²) in [5.74, 6) is 1.96. The summed E-state index contributed by atoms with van der Waals surface area (Å²) in [4.78, 5) is 0. The van der Waals surface area contributed by atoms with Crippen LogP contribution >= 0.6 is 0 Å². The first kappa shape index (κ1) is 15.4. The molecular weight excluding hydrogens is 318 g/mol. The number of hydrogen-bond donors (Lipinski definition) is 0. The SMILES string of the molecule is Cc1c2c(c(C)c3ccccc13)-c1c3c(ccc(C)c3cc(C)[n+]1C)O2. The molecular formula is C24H22NO+. The fourth-order valence-corrected chi connectivity index (χ4v) is 4.44. The monoisotopic (exact) mass is 340 g/mol. The second-order valence-corrected chi connectivity index (χ2v) is 7.46. The van der Waals surface area contributed by atoms with E-state index in [9.17, 15) is 0 Å². The lowest BCUT2D eigenvalue weighted by Gasteiger charge is -2.25. The Morgan fingerprint density at radius 2 is 1.50 bits per heavy atom. The van der Waals surface area contributed by atoms with Crippen molar-refractivity contribution < 1.29 is 9.30 Å². The van der Waals surface area contributed by atoms with Gasteiger partial charge in [-0.2, -0.15) is 4.57 Å². The molecule has 1 aliphatic heterocycles. The normalized spacial score (nSPS) is 12.3. The van der Waals surface area contributed by atoms with Crippen molar-refractivity contribution in [2.24, 2.45) is 7.05 Å². The summed E-state index contributed by atoms with van der Waals surface area (Å²) in [6, 6.07) is 15.2. The maximum atomic E-state index is 6.51. The summed E-state index contributed by atoms with van der Waals surface area (Å²) in [5, 5.41) is 5.08. The highest BCUT2D eigenvalue weighted by Crippen LogP contribution is 2.50. The molecule has 0 bridgehead atoms. The van der Waals surface area contributed by atoms with Gasteiger partial charge in [0, 0.05) is 23.9 Å². The first-order chi connectivity index (χ1) is 12.5. The molecule has 0 spiro atoms. The lowest BCUT2D eigenvalue weighted by Crippen LogP contribution is -2.36. The van der Waals surface area contributed by atoms with Crippen molar-refractivity contribution in [3.05, 3.63) is 64.8 Å². The van der Waals surface area contributed by atoms with Gasteiger partial charge >= 0.3 is 0 Å². The van der Waals surface area contributed by atoms with E-state index in [1.807, 2.05) is 0 Å². The molecule has 0 saturated carbocycles. The molecule has 3 aromatic carbocycles. The summed E-state index contributed by atoms with van der Waals surface area (Å²) in [6.07, 6.45) is 0. The molecule has 0 fully saturated rings. The zero-order chi connectivity index (χ0) is 18.2. The van der Waals surface area contributed by atoms with Gasteiger partial charge in [0.05, 0.1) is 10.9 Å². The third-order valence-corrected chi connectivity index (χ3v) is 6.01. The number of fused-ring (bicyclic) bond motifs is 3. The maximum absolute atomic E-state index is 6.51. The molecule has 2 heteroatoms. The van der Waals surface area contributed by atoms with E-state index in [1.165, 1.54) is 55.2 Å². The zero-order valence-electron chi connectivity index (χ0n) is 15.9. The van der Waals surface area contributed by atoms with E-state index in [4.69, 9.17) is 4.74 Å². The van der Waals surface area contributed by atoms with Crippen molar-refractivity contribution in [2.75, 3.05) is 0 Å². The molecule has 2 heterocycles. The molecule has 0 atom stereocenters. The van der Waals surface area contributed by atoms with Crippen molar-refractivity contribution in [1.82, 2.24) is 0 Å². The Morgan fingerprint density at radius 1 is 0.808 bits per heavy atom. The van der Waals surface area contributed by atoms with Gasteiger partial charge in [-0.15, -0.1) is 0 Å². The average molecular weight is 340 g/mol. The molecule has 1 aliphatic rings. The van der Waals surface area contributed by atoms with E-state index in [0.29, 0.717) is 0 Å². The van der Waals surface area contributed by atoms with Crippen LogP contribution in [0, 0.1) is 27.7 Å².